The number of aromatic nitrogens is 1. The van der Waals surface area contributed by atoms with Gasteiger partial charge in [0.1, 0.15) is 5.69 Å². The molecular formula is C23H26N4O3. The van der Waals surface area contributed by atoms with Crippen molar-refractivity contribution < 1.29 is 14.4 Å². The number of rotatable bonds is 3. The van der Waals surface area contributed by atoms with Crippen LogP contribution in [0.3, 0.4) is 0 Å². The van der Waals surface area contributed by atoms with E-state index in [-0.39, 0.29) is 29.7 Å². The lowest BCUT2D eigenvalue weighted by molar-refractivity contribution is -0.134. The molecule has 0 bridgehead atoms. The minimum atomic E-state index is -0.694. The largest absolute Gasteiger partial charge is 0.347 e. The second-order valence-corrected chi connectivity index (χ2v) is 8.18. The average molecular weight is 406 g/mol. The van der Waals surface area contributed by atoms with Crippen LogP contribution in [0.4, 0.5) is 0 Å². The molecule has 0 saturated carbocycles. The van der Waals surface area contributed by atoms with Crippen molar-refractivity contribution in [3.63, 3.8) is 0 Å². The Balaban J connectivity index is 1.79. The molecule has 1 N–H and O–H groups in total. The molecule has 2 aromatic rings. The second kappa shape index (κ2) is 7.89. The van der Waals surface area contributed by atoms with E-state index in [4.69, 9.17) is 0 Å². The number of nitrogens with zero attached hydrogens (tertiary/aromatic N) is 3. The zero-order valence-electron chi connectivity index (χ0n) is 17.2. The monoisotopic (exact) mass is 406 g/mol. The molecule has 3 atom stereocenters. The molecule has 30 heavy (non-hydrogen) atoms. The lowest BCUT2D eigenvalue weighted by atomic mass is 9.75. The van der Waals surface area contributed by atoms with Gasteiger partial charge in [-0.15, -0.1) is 0 Å². The maximum absolute atomic E-state index is 13.5. The highest BCUT2D eigenvalue weighted by Gasteiger charge is 2.57. The minimum absolute atomic E-state index is 0.00735. The van der Waals surface area contributed by atoms with Gasteiger partial charge in [-0.2, -0.15) is 0 Å². The van der Waals surface area contributed by atoms with Crippen molar-refractivity contribution in [1.29, 1.82) is 0 Å². The van der Waals surface area contributed by atoms with Gasteiger partial charge in [0.2, 0.25) is 11.8 Å². The van der Waals surface area contributed by atoms with Crippen molar-refractivity contribution in [3.8, 4) is 0 Å². The number of carbonyl (C=O) groups excluding carboxylic acids is 3. The predicted octanol–water partition coefficient (Wildman–Crippen LogP) is 2.02. The molecule has 156 valence electrons. The van der Waals surface area contributed by atoms with E-state index in [0.29, 0.717) is 31.7 Å². The van der Waals surface area contributed by atoms with Gasteiger partial charge >= 0.3 is 0 Å². The molecule has 2 aliphatic heterocycles. The molecule has 2 fully saturated rings. The molecule has 7 nitrogen and oxygen atoms in total. The third kappa shape index (κ3) is 3.56. The summed E-state index contributed by atoms with van der Waals surface area (Å²) < 4.78 is 0. The van der Waals surface area contributed by atoms with Crippen molar-refractivity contribution in [1.82, 2.24) is 20.1 Å². The van der Waals surface area contributed by atoms with Crippen molar-refractivity contribution >= 4 is 17.7 Å². The van der Waals surface area contributed by atoms with E-state index < -0.39 is 5.54 Å². The van der Waals surface area contributed by atoms with Gasteiger partial charge in [-0.1, -0.05) is 36.4 Å². The van der Waals surface area contributed by atoms with E-state index in [0.717, 1.165) is 5.56 Å². The fourth-order valence-electron chi connectivity index (χ4n) is 5.04. The summed E-state index contributed by atoms with van der Waals surface area (Å²) in [5, 5.41) is 3.13. The number of likely N-dealkylation sites (tertiary alicyclic amines) is 2. The Morgan fingerprint density at radius 2 is 1.77 bits per heavy atom. The Kier molecular flexibility index (Phi) is 5.28. The molecule has 4 rings (SSSR count). The Labute approximate surface area is 176 Å². The summed E-state index contributed by atoms with van der Waals surface area (Å²) in [6.07, 6.45) is 2.31. The summed E-state index contributed by atoms with van der Waals surface area (Å²) in [6.45, 7) is 4.36. The number of carbonyl (C=O) groups is 3. The predicted molar refractivity (Wildman–Crippen MR) is 111 cm³/mol. The number of pyridine rings is 1. The van der Waals surface area contributed by atoms with Crippen molar-refractivity contribution in [2.45, 2.75) is 31.8 Å². The standard InChI is InChI=1S/C23H26N4O3/c1-16(28)25-23-14-26(17(2)29)13-11-19(23)21(18-8-4-3-5-9-18)27(15-23)22(30)20-10-6-7-12-24-20/h3-10,12,19,21H,11,13-15H2,1-2H3,(H,25,28)/t19-,21-,23-/m1/s1. The zero-order chi connectivity index (χ0) is 21.3. The van der Waals surface area contributed by atoms with Crippen LogP contribution in [0.5, 0.6) is 0 Å². The number of amides is 3. The number of fused-ring (bicyclic) bond motifs is 1. The molecule has 0 unspecified atom stereocenters. The van der Waals surface area contributed by atoms with Gasteiger partial charge < -0.3 is 15.1 Å². The number of hydrogen-bond acceptors (Lipinski definition) is 4. The van der Waals surface area contributed by atoms with Crippen LogP contribution in [0.1, 0.15) is 42.4 Å². The number of hydrogen-bond donors (Lipinski definition) is 1. The van der Waals surface area contributed by atoms with E-state index in [1.807, 2.05) is 35.2 Å². The Morgan fingerprint density at radius 1 is 1.03 bits per heavy atom. The average Bonchev–Trinajstić information content (AvgIpc) is 3.07. The van der Waals surface area contributed by atoms with Gasteiger partial charge in [0.25, 0.3) is 5.91 Å². The first kappa shape index (κ1) is 20.1. The number of piperidine rings is 1. The summed E-state index contributed by atoms with van der Waals surface area (Å²) in [5.74, 6) is -0.363. The van der Waals surface area contributed by atoms with E-state index >= 15 is 0 Å². The molecule has 7 heteroatoms. The van der Waals surface area contributed by atoms with Gasteiger partial charge in [0, 0.05) is 45.6 Å². The lowest BCUT2D eigenvalue weighted by Crippen LogP contribution is -2.64. The normalized spacial score (nSPS) is 25.5. The van der Waals surface area contributed by atoms with Crippen LogP contribution in [0.2, 0.25) is 0 Å². The highest BCUT2D eigenvalue weighted by atomic mass is 16.2. The third-order valence-electron chi connectivity index (χ3n) is 6.22. The molecule has 3 amide bonds. The zero-order valence-corrected chi connectivity index (χ0v) is 17.2. The molecule has 0 radical (unpaired) electrons. The third-order valence-corrected chi connectivity index (χ3v) is 6.22. The summed E-state index contributed by atoms with van der Waals surface area (Å²) in [6, 6.07) is 15.0. The van der Waals surface area contributed by atoms with Gasteiger partial charge in [0.15, 0.2) is 0 Å². The van der Waals surface area contributed by atoms with Crippen molar-refractivity contribution in [3.05, 3.63) is 66.0 Å². The summed E-state index contributed by atoms with van der Waals surface area (Å²) in [7, 11) is 0. The molecule has 2 saturated heterocycles. The van der Waals surface area contributed by atoms with Crippen LogP contribution < -0.4 is 5.32 Å². The Bertz CT molecular complexity index is 949. The summed E-state index contributed by atoms with van der Waals surface area (Å²) >= 11 is 0. The van der Waals surface area contributed by atoms with Gasteiger partial charge in [-0.05, 0) is 24.1 Å². The molecule has 0 aliphatic carbocycles. The second-order valence-electron chi connectivity index (χ2n) is 8.18. The molecule has 3 heterocycles. The Hall–Kier alpha value is -3.22. The molecule has 1 aromatic heterocycles. The molecular weight excluding hydrogens is 380 g/mol. The SMILES string of the molecule is CC(=O)N[C@@]12CN(C(C)=O)CC[C@@H]1[C@@H](c1ccccc1)N(C(=O)c1ccccn1)C2. The molecule has 1 aromatic carbocycles. The first-order valence-electron chi connectivity index (χ1n) is 10.2. The van der Waals surface area contributed by atoms with Gasteiger partial charge in [-0.3, -0.25) is 19.4 Å². The van der Waals surface area contributed by atoms with Crippen LogP contribution in [-0.2, 0) is 9.59 Å². The van der Waals surface area contributed by atoms with Crippen molar-refractivity contribution in [2.75, 3.05) is 19.6 Å². The van der Waals surface area contributed by atoms with Crippen LogP contribution in [0.15, 0.2) is 54.7 Å². The fourth-order valence-corrected chi connectivity index (χ4v) is 5.04. The first-order valence-corrected chi connectivity index (χ1v) is 10.2. The number of nitrogens with one attached hydrogen (secondary N) is 1. The van der Waals surface area contributed by atoms with Crippen LogP contribution in [0.25, 0.3) is 0 Å². The van der Waals surface area contributed by atoms with Crippen LogP contribution in [-0.4, -0.2) is 57.7 Å². The quantitative estimate of drug-likeness (QED) is 0.846. The highest BCUT2D eigenvalue weighted by Crippen LogP contribution is 2.48. The minimum Gasteiger partial charge on any atom is -0.347 e. The first-order chi connectivity index (χ1) is 14.4. The summed E-state index contributed by atoms with van der Waals surface area (Å²) in [5.41, 5.74) is 0.703. The lowest BCUT2D eigenvalue weighted by Gasteiger charge is -2.45. The highest BCUT2D eigenvalue weighted by molar-refractivity contribution is 5.93. The van der Waals surface area contributed by atoms with Gasteiger partial charge in [-0.25, -0.2) is 0 Å². The number of benzene rings is 1. The van der Waals surface area contributed by atoms with Crippen molar-refractivity contribution in [2.24, 2.45) is 5.92 Å². The topological polar surface area (TPSA) is 82.6 Å². The maximum atomic E-state index is 13.5. The van der Waals surface area contributed by atoms with E-state index in [1.54, 1.807) is 36.2 Å². The van der Waals surface area contributed by atoms with E-state index in [9.17, 15) is 14.4 Å². The summed E-state index contributed by atoms with van der Waals surface area (Å²) in [4.78, 5) is 45.6. The smallest absolute Gasteiger partial charge is 0.273 e. The Morgan fingerprint density at radius 3 is 2.40 bits per heavy atom. The molecule has 2 aliphatic rings. The fraction of sp³-hybridized carbons (Fsp3) is 0.391. The maximum Gasteiger partial charge on any atom is 0.273 e. The van der Waals surface area contributed by atoms with Gasteiger partial charge in [0.05, 0.1) is 11.6 Å². The van der Waals surface area contributed by atoms with Crippen LogP contribution in [0, 0.1) is 5.92 Å². The van der Waals surface area contributed by atoms with E-state index in [2.05, 4.69) is 10.3 Å². The van der Waals surface area contributed by atoms with Crippen LogP contribution >= 0.6 is 0 Å². The molecule has 0 spiro atoms. The van der Waals surface area contributed by atoms with E-state index in [1.165, 1.54) is 6.92 Å².